The van der Waals surface area contributed by atoms with Gasteiger partial charge in [-0.1, -0.05) is 19.8 Å². The highest BCUT2D eigenvalue weighted by atomic mass is 19.1. The summed E-state index contributed by atoms with van der Waals surface area (Å²) in [7, 11) is 0.500. The molecule has 1 saturated carbocycles. The van der Waals surface area contributed by atoms with Crippen molar-refractivity contribution in [2.75, 3.05) is 14.0 Å². The molecule has 0 heterocycles. The van der Waals surface area contributed by atoms with E-state index < -0.39 is 6.86 Å². The van der Waals surface area contributed by atoms with Crippen LogP contribution < -0.4 is 0 Å². The average Bonchev–Trinajstić information content (AvgIpc) is 2.25. The normalized spacial score (nSPS) is 26.6. The molecule has 0 unspecified atom stereocenters. The molecule has 0 saturated heterocycles. The fraction of sp³-hybridized carbons (Fsp3) is 1.00. The van der Waals surface area contributed by atoms with E-state index >= 15 is 0 Å². The Bertz CT molecular complexity index is 97.9. The molecule has 0 bridgehead atoms. The first-order valence-corrected chi connectivity index (χ1v) is 5.42. The molecule has 3 heteroatoms. The van der Waals surface area contributed by atoms with Gasteiger partial charge in [0.15, 0.2) is 6.86 Å². The van der Waals surface area contributed by atoms with E-state index in [4.69, 9.17) is 4.74 Å². The minimum Gasteiger partial charge on any atom is -0.347 e. The molecule has 1 aliphatic rings. The predicted molar refractivity (Wildman–Crippen MR) is 54.7 cm³/mol. The summed E-state index contributed by atoms with van der Waals surface area (Å²) >= 11 is 0. The molecule has 1 nitrogen and oxygen atoms in total. The molecule has 0 radical (unpaired) electrons. The first kappa shape index (κ1) is 13.8. The van der Waals surface area contributed by atoms with Gasteiger partial charge in [-0.2, -0.15) is 0 Å². The molecule has 0 amide bonds. The Hall–Kier alpha value is -0.180. The number of ether oxygens (including phenoxy) is 1. The van der Waals surface area contributed by atoms with Gasteiger partial charge in [0, 0.05) is 0 Å². The molecule has 0 atom stereocenters. The van der Waals surface area contributed by atoms with Crippen molar-refractivity contribution in [1.29, 1.82) is 0 Å². The van der Waals surface area contributed by atoms with Crippen LogP contribution in [0.2, 0.25) is 0 Å². The van der Waals surface area contributed by atoms with Crippen molar-refractivity contribution in [3.8, 4) is 0 Å². The van der Waals surface area contributed by atoms with E-state index in [0.29, 0.717) is 7.18 Å². The van der Waals surface area contributed by atoms with Crippen LogP contribution >= 0.6 is 0 Å². The van der Waals surface area contributed by atoms with Gasteiger partial charge in [0.05, 0.1) is 13.3 Å². The molecule has 0 aromatic carbocycles. The Morgan fingerprint density at radius 3 is 2.14 bits per heavy atom. The van der Waals surface area contributed by atoms with Gasteiger partial charge in [0.2, 0.25) is 0 Å². The van der Waals surface area contributed by atoms with Gasteiger partial charge in [-0.25, -0.2) is 4.39 Å². The van der Waals surface area contributed by atoms with Crippen LogP contribution in [0.1, 0.15) is 45.4 Å². The minimum absolute atomic E-state index is 0.211. The van der Waals surface area contributed by atoms with Gasteiger partial charge in [-0.3, -0.25) is 4.39 Å². The largest absolute Gasteiger partial charge is 0.347 e. The SMILES string of the molecule is CCCC1CCC(OCF)CC1.CF. The third-order valence-electron chi connectivity index (χ3n) is 2.79. The summed E-state index contributed by atoms with van der Waals surface area (Å²) < 4.78 is 26.2. The highest BCUT2D eigenvalue weighted by Crippen LogP contribution is 2.29. The summed E-state index contributed by atoms with van der Waals surface area (Å²) in [6.45, 7) is 1.62. The lowest BCUT2D eigenvalue weighted by atomic mass is 9.85. The second-order valence-corrected chi connectivity index (χ2v) is 3.71. The van der Waals surface area contributed by atoms with E-state index in [0.717, 1.165) is 18.8 Å². The van der Waals surface area contributed by atoms with Gasteiger partial charge < -0.3 is 4.74 Å². The molecule has 1 aliphatic carbocycles. The fourth-order valence-electron chi connectivity index (χ4n) is 2.08. The molecule has 86 valence electrons. The smallest absolute Gasteiger partial charge is 0.188 e. The van der Waals surface area contributed by atoms with Crippen molar-refractivity contribution < 1.29 is 13.5 Å². The highest BCUT2D eigenvalue weighted by molar-refractivity contribution is 4.72. The number of rotatable bonds is 4. The van der Waals surface area contributed by atoms with Crippen LogP contribution in [-0.2, 0) is 4.74 Å². The summed E-state index contributed by atoms with van der Waals surface area (Å²) in [4.78, 5) is 0. The number of halogens is 2. The van der Waals surface area contributed by atoms with E-state index in [1.807, 2.05) is 0 Å². The Balaban J connectivity index is 0.000000791. The molecular weight excluding hydrogens is 186 g/mol. The first-order valence-electron chi connectivity index (χ1n) is 5.42. The zero-order valence-corrected chi connectivity index (χ0v) is 9.27. The van der Waals surface area contributed by atoms with Crippen molar-refractivity contribution in [3.63, 3.8) is 0 Å². The zero-order valence-electron chi connectivity index (χ0n) is 9.27. The molecule has 1 fully saturated rings. The Kier molecular flexibility index (Phi) is 9.26. The highest BCUT2D eigenvalue weighted by Gasteiger charge is 2.20. The average molecular weight is 208 g/mol. The zero-order chi connectivity index (χ0) is 10.8. The molecule has 0 aliphatic heterocycles. The summed E-state index contributed by atoms with van der Waals surface area (Å²) in [6.07, 6.45) is 7.42. The molecule has 0 N–H and O–H groups in total. The van der Waals surface area contributed by atoms with Gasteiger partial charge in [0.25, 0.3) is 0 Å². The number of alkyl halides is 2. The quantitative estimate of drug-likeness (QED) is 0.681. The number of hydrogen-bond donors (Lipinski definition) is 0. The maximum atomic E-state index is 11.8. The van der Waals surface area contributed by atoms with Crippen LogP contribution in [0.5, 0.6) is 0 Å². The van der Waals surface area contributed by atoms with Crippen molar-refractivity contribution in [2.45, 2.75) is 51.6 Å². The van der Waals surface area contributed by atoms with Gasteiger partial charge in [0.1, 0.15) is 0 Å². The molecule has 0 aromatic rings. The third kappa shape index (κ3) is 5.53. The van der Waals surface area contributed by atoms with Crippen molar-refractivity contribution >= 4 is 0 Å². The Morgan fingerprint density at radius 2 is 1.71 bits per heavy atom. The van der Waals surface area contributed by atoms with E-state index in [1.165, 1.54) is 25.7 Å². The van der Waals surface area contributed by atoms with Crippen LogP contribution in [-0.4, -0.2) is 20.1 Å². The van der Waals surface area contributed by atoms with Gasteiger partial charge >= 0.3 is 0 Å². The van der Waals surface area contributed by atoms with Crippen LogP contribution in [0.3, 0.4) is 0 Å². The Morgan fingerprint density at radius 1 is 1.14 bits per heavy atom. The topological polar surface area (TPSA) is 9.23 Å². The van der Waals surface area contributed by atoms with E-state index in [2.05, 4.69) is 6.92 Å². The van der Waals surface area contributed by atoms with Crippen LogP contribution in [0.4, 0.5) is 8.78 Å². The fourth-order valence-corrected chi connectivity index (χ4v) is 2.08. The maximum absolute atomic E-state index is 11.8. The summed E-state index contributed by atoms with van der Waals surface area (Å²) in [6, 6.07) is 0. The molecule has 14 heavy (non-hydrogen) atoms. The lowest BCUT2D eigenvalue weighted by Gasteiger charge is -2.27. The standard InChI is InChI=1S/C10H19FO.CH3F/c1-2-3-9-4-6-10(7-5-9)12-8-11;1-2/h9-10H,2-8H2,1H3;1H3. The Labute approximate surface area is 85.8 Å². The van der Waals surface area contributed by atoms with Crippen LogP contribution in [0, 0.1) is 5.92 Å². The summed E-state index contributed by atoms with van der Waals surface area (Å²) in [5, 5.41) is 0. The number of hydrogen-bond acceptors (Lipinski definition) is 1. The molecule has 1 rings (SSSR count). The van der Waals surface area contributed by atoms with Crippen molar-refractivity contribution in [3.05, 3.63) is 0 Å². The molecular formula is C11H22F2O. The van der Waals surface area contributed by atoms with E-state index in [-0.39, 0.29) is 6.10 Å². The monoisotopic (exact) mass is 208 g/mol. The predicted octanol–water partition coefficient (Wildman–Crippen LogP) is 3.87. The van der Waals surface area contributed by atoms with E-state index in [9.17, 15) is 8.78 Å². The second-order valence-electron chi connectivity index (χ2n) is 3.71. The minimum atomic E-state index is -0.608. The molecule has 0 aromatic heterocycles. The van der Waals surface area contributed by atoms with Crippen molar-refractivity contribution in [1.82, 2.24) is 0 Å². The lowest BCUT2D eigenvalue weighted by Crippen LogP contribution is -2.21. The maximum Gasteiger partial charge on any atom is 0.188 e. The lowest BCUT2D eigenvalue weighted by molar-refractivity contribution is -0.0290. The summed E-state index contributed by atoms with van der Waals surface area (Å²) in [5.41, 5.74) is 0. The van der Waals surface area contributed by atoms with Gasteiger partial charge in [-0.05, 0) is 31.6 Å². The van der Waals surface area contributed by atoms with Gasteiger partial charge in [-0.15, -0.1) is 0 Å². The first-order chi connectivity index (χ1) is 6.86. The van der Waals surface area contributed by atoms with Crippen LogP contribution in [0.25, 0.3) is 0 Å². The molecule has 0 spiro atoms. The van der Waals surface area contributed by atoms with Crippen LogP contribution in [0.15, 0.2) is 0 Å². The second kappa shape index (κ2) is 9.38. The summed E-state index contributed by atoms with van der Waals surface area (Å²) in [5.74, 6) is 0.884. The third-order valence-corrected chi connectivity index (χ3v) is 2.79. The van der Waals surface area contributed by atoms with E-state index in [1.54, 1.807) is 0 Å². The van der Waals surface area contributed by atoms with Crippen molar-refractivity contribution in [2.24, 2.45) is 5.92 Å².